The Morgan fingerprint density at radius 1 is 1.21 bits per heavy atom. The summed E-state index contributed by atoms with van der Waals surface area (Å²) in [6.07, 6.45) is 1.45. The summed E-state index contributed by atoms with van der Waals surface area (Å²) in [7, 11) is 3.41. The average molecular weight is 322 g/mol. The SMILES string of the molecule is COc1cccc(CN(C)C(=O)c2ccc(-c3ncn[nH]3)cc2)c1. The van der Waals surface area contributed by atoms with E-state index in [0.29, 0.717) is 17.9 Å². The van der Waals surface area contributed by atoms with E-state index in [4.69, 9.17) is 4.74 Å². The van der Waals surface area contributed by atoms with Crippen LogP contribution >= 0.6 is 0 Å². The number of ether oxygens (including phenoxy) is 1. The highest BCUT2D eigenvalue weighted by Crippen LogP contribution is 2.17. The van der Waals surface area contributed by atoms with Crippen LogP contribution < -0.4 is 4.74 Å². The molecule has 0 saturated heterocycles. The van der Waals surface area contributed by atoms with Crippen LogP contribution in [0.4, 0.5) is 0 Å². The molecule has 0 spiro atoms. The molecule has 0 fully saturated rings. The molecule has 2 aromatic carbocycles. The van der Waals surface area contributed by atoms with E-state index in [1.54, 1.807) is 31.2 Å². The fraction of sp³-hybridized carbons (Fsp3) is 0.167. The fourth-order valence-electron chi connectivity index (χ4n) is 2.45. The summed E-state index contributed by atoms with van der Waals surface area (Å²) in [4.78, 5) is 18.3. The molecule has 0 atom stereocenters. The van der Waals surface area contributed by atoms with Crippen molar-refractivity contribution >= 4 is 5.91 Å². The highest BCUT2D eigenvalue weighted by molar-refractivity contribution is 5.94. The summed E-state index contributed by atoms with van der Waals surface area (Å²) >= 11 is 0. The number of rotatable bonds is 5. The Hall–Kier alpha value is -3.15. The third-order valence-electron chi connectivity index (χ3n) is 3.72. The number of H-pyrrole nitrogens is 1. The van der Waals surface area contributed by atoms with Crippen molar-refractivity contribution in [2.45, 2.75) is 6.54 Å². The molecule has 0 unspecified atom stereocenters. The Balaban J connectivity index is 1.71. The van der Waals surface area contributed by atoms with Crippen molar-refractivity contribution in [2.24, 2.45) is 0 Å². The van der Waals surface area contributed by atoms with Crippen LogP contribution in [-0.2, 0) is 6.54 Å². The van der Waals surface area contributed by atoms with Crippen LogP contribution in [0.5, 0.6) is 5.75 Å². The van der Waals surface area contributed by atoms with Gasteiger partial charge in [0.25, 0.3) is 5.91 Å². The van der Waals surface area contributed by atoms with Crippen LogP contribution in [0.15, 0.2) is 54.9 Å². The third-order valence-corrected chi connectivity index (χ3v) is 3.72. The van der Waals surface area contributed by atoms with Crippen LogP contribution in [-0.4, -0.2) is 40.1 Å². The van der Waals surface area contributed by atoms with E-state index in [2.05, 4.69) is 15.2 Å². The number of benzene rings is 2. The first-order valence-corrected chi connectivity index (χ1v) is 7.51. The minimum absolute atomic E-state index is 0.0399. The van der Waals surface area contributed by atoms with Gasteiger partial charge in [0.1, 0.15) is 12.1 Å². The zero-order valence-electron chi connectivity index (χ0n) is 13.6. The van der Waals surface area contributed by atoms with Crippen LogP contribution in [0.1, 0.15) is 15.9 Å². The van der Waals surface area contributed by atoms with Crippen molar-refractivity contribution in [1.29, 1.82) is 0 Å². The van der Waals surface area contributed by atoms with Crippen molar-refractivity contribution in [3.63, 3.8) is 0 Å². The highest BCUT2D eigenvalue weighted by Gasteiger charge is 2.13. The summed E-state index contributed by atoms with van der Waals surface area (Å²) in [6.45, 7) is 0.514. The quantitative estimate of drug-likeness (QED) is 0.784. The molecule has 0 saturated carbocycles. The van der Waals surface area contributed by atoms with Gasteiger partial charge in [-0.15, -0.1) is 0 Å². The monoisotopic (exact) mass is 322 g/mol. The van der Waals surface area contributed by atoms with Gasteiger partial charge in [0.15, 0.2) is 5.82 Å². The fourth-order valence-corrected chi connectivity index (χ4v) is 2.45. The Morgan fingerprint density at radius 3 is 2.67 bits per heavy atom. The summed E-state index contributed by atoms with van der Waals surface area (Å²) in [5.41, 5.74) is 2.53. The molecule has 24 heavy (non-hydrogen) atoms. The first-order chi connectivity index (χ1) is 11.7. The second kappa shape index (κ2) is 6.95. The molecule has 3 rings (SSSR count). The molecule has 0 bridgehead atoms. The Bertz CT molecular complexity index is 813. The van der Waals surface area contributed by atoms with Crippen LogP contribution in [0.2, 0.25) is 0 Å². The lowest BCUT2D eigenvalue weighted by Crippen LogP contribution is -2.26. The predicted molar refractivity (Wildman–Crippen MR) is 90.6 cm³/mol. The normalized spacial score (nSPS) is 10.4. The Labute approximate surface area is 140 Å². The molecule has 0 aliphatic carbocycles. The molecular formula is C18H18N4O2. The Kier molecular flexibility index (Phi) is 4.56. The van der Waals surface area contributed by atoms with E-state index in [9.17, 15) is 4.79 Å². The first kappa shape index (κ1) is 15.7. The summed E-state index contributed by atoms with van der Waals surface area (Å²) in [5.74, 6) is 1.42. The van der Waals surface area contributed by atoms with Gasteiger partial charge < -0.3 is 9.64 Å². The molecule has 1 aromatic heterocycles. The van der Waals surface area contributed by atoms with E-state index in [1.165, 1.54) is 6.33 Å². The van der Waals surface area contributed by atoms with E-state index in [1.807, 2.05) is 36.4 Å². The first-order valence-electron chi connectivity index (χ1n) is 7.51. The van der Waals surface area contributed by atoms with Gasteiger partial charge >= 0.3 is 0 Å². The molecule has 0 radical (unpaired) electrons. The lowest BCUT2D eigenvalue weighted by Gasteiger charge is -2.18. The summed E-state index contributed by atoms with van der Waals surface area (Å²) < 4.78 is 5.21. The maximum absolute atomic E-state index is 12.6. The van der Waals surface area contributed by atoms with Crippen molar-refractivity contribution in [1.82, 2.24) is 20.1 Å². The van der Waals surface area contributed by atoms with Crippen molar-refractivity contribution < 1.29 is 9.53 Å². The second-order valence-corrected chi connectivity index (χ2v) is 5.42. The molecule has 1 N–H and O–H groups in total. The number of nitrogens with zero attached hydrogens (tertiary/aromatic N) is 3. The zero-order chi connectivity index (χ0) is 16.9. The van der Waals surface area contributed by atoms with Crippen LogP contribution in [0, 0.1) is 0 Å². The van der Waals surface area contributed by atoms with Gasteiger partial charge in [-0.2, -0.15) is 5.10 Å². The molecule has 6 nitrogen and oxygen atoms in total. The van der Waals surface area contributed by atoms with E-state index in [0.717, 1.165) is 16.9 Å². The number of methoxy groups -OCH3 is 1. The standard InChI is InChI=1S/C18H18N4O2/c1-22(11-13-4-3-5-16(10-13)24-2)18(23)15-8-6-14(7-9-15)17-19-12-20-21-17/h3-10,12H,11H2,1-2H3,(H,19,20,21). The van der Waals surface area contributed by atoms with Gasteiger partial charge in [0.05, 0.1) is 7.11 Å². The lowest BCUT2D eigenvalue weighted by atomic mass is 10.1. The predicted octanol–water partition coefficient (Wildman–Crippen LogP) is 2.75. The number of aromatic amines is 1. The average Bonchev–Trinajstić information content (AvgIpc) is 3.16. The van der Waals surface area contributed by atoms with Gasteiger partial charge in [-0.1, -0.05) is 24.3 Å². The summed E-state index contributed by atoms with van der Waals surface area (Å²) in [5, 5.41) is 6.62. The number of hydrogen-bond acceptors (Lipinski definition) is 4. The highest BCUT2D eigenvalue weighted by atomic mass is 16.5. The zero-order valence-corrected chi connectivity index (χ0v) is 13.6. The molecule has 0 aliphatic heterocycles. The molecular weight excluding hydrogens is 304 g/mol. The molecule has 1 heterocycles. The number of amides is 1. The number of carbonyl (C=O) groups excluding carboxylic acids is 1. The van der Waals surface area contributed by atoms with Gasteiger partial charge in [-0.05, 0) is 29.8 Å². The molecule has 0 aliphatic rings. The van der Waals surface area contributed by atoms with Gasteiger partial charge in [-0.25, -0.2) is 4.98 Å². The van der Waals surface area contributed by atoms with Gasteiger partial charge in [0, 0.05) is 24.7 Å². The Morgan fingerprint density at radius 2 is 2.00 bits per heavy atom. The van der Waals surface area contributed by atoms with Crippen LogP contribution in [0.3, 0.4) is 0 Å². The molecule has 6 heteroatoms. The molecule has 122 valence electrons. The number of carbonyl (C=O) groups is 1. The van der Waals surface area contributed by atoms with E-state index in [-0.39, 0.29) is 5.91 Å². The number of aromatic nitrogens is 3. The second-order valence-electron chi connectivity index (χ2n) is 5.42. The molecule has 1 amide bonds. The largest absolute Gasteiger partial charge is 0.497 e. The number of nitrogens with one attached hydrogen (secondary N) is 1. The smallest absolute Gasteiger partial charge is 0.253 e. The molecule has 3 aromatic rings. The van der Waals surface area contributed by atoms with Gasteiger partial charge in [0.2, 0.25) is 0 Å². The van der Waals surface area contributed by atoms with Crippen molar-refractivity contribution in [3.05, 3.63) is 66.0 Å². The minimum Gasteiger partial charge on any atom is -0.497 e. The maximum atomic E-state index is 12.6. The number of hydrogen-bond donors (Lipinski definition) is 1. The third kappa shape index (κ3) is 3.43. The minimum atomic E-state index is -0.0399. The van der Waals surface area contributed by atoms with E-state index >= 15 is 0 Å². The van der Waals surface area contributed by atoms with Gasteiger partial charge in [-0.3, -0.25) is 9.89 Å². The van der Waals surface area contributed by atoms with E-state index < -0.39 is 0 Å². The summed E-state index contributed by atoms with van der Waals surface area (Å²) in [6, 6.07) is 15.0. The lowest BCUT2D eigenvalue weighted by molar-refractivity contribution is 0.0785. The maximum Gasteiger partial charge on any atom is 0.253 e. The van der Waals surface area contributed by atoms with Crippen molar-refractivity contribution in [2.75, 3.05) is 14.2 Å². The van der Waals surface area contributed by atoms with Crippen molar-refractivity contribution in [3.8, 4) is 17.1 Å². The topological polar surface area (TPSA) is 71.1 Å². The van der Waals surface area contributed by atoms with Crippen LogP contribution in [0.25, 0.3) is 11.4 Å².